The van der Waals surface area contributed by atoms with Crippen LogP contribution in [-0.2, 0) is 6.42 Å². The van der Waals surface area contributed by atoms with Gasteiger partial charge in [0.15, 0.2) is 0 Å². The molecular formula is C26H25N5O. The first-order chi connectivity index (χ1) is 15.7. The molecule has 0 fully saturated rings. The highest BCUT2D eigenvalue weighted by molar-refractivity contribution is 6.00. The third kappa shape index (κ3) is 5.56. The molecule has 1 heterocycles. The van der Waals surface area contributed by atoms with E-state index in [1.807, 2.05) is 49.4 Å². The number of aryl methyl sites for hydroxylation is 1. The van der Waals surface area contributed by atoms with E-state index in [0.29, 0.717) is 12.1 Å². The van der Waals surface area contributed by atoms with E-state index < -0.39 is 0 Å². The van der Waals surface area contributed by atoms with Crippen molar-refractivity contribution in [2.24, 2.45) is 4.99 Å². The standard InChI is InChI=1S/C26H25N5O/c1-20-7-9-23(10-8-20)26(32)29-19-31(30-16-15-24-17-27-18-28-24)25-13-11-22(12-14-25)21-5-3-2-4-6-21/h2-14,17-19,30H,15-16H2,1H3,(H,27,28). The second-order valence-electron chi connectivity index (χ2n) is 7.43. The zero-order valence-electron chi connectivity index (χ0n) is 17.9. The van der Waals surface area contributed by atoms with Gasteiger partial charge in [0.25, 0.3) is 5.91 Å². The molecule has 32 heavy (non-hydrogen) atoms. The topological polar surface area (TPSA) is 73.4 Å². The molecule has 6 heteroatoms. The number of aromatic nitrogens is 2. The van der Waals surface area contributed by atoms with E-state index in [-0.39, 0.29) is 5.91 Å². The Kier molecular flexibility index (Phi) is 6.84. The van der Waals surface area contributed by atoms with Crippen LogP contribution in [0.25, 0.3) is 11.1 Å². The number of rotatable bonds is 8. The smallest absolute Gasteiger partial charge is 0.278 e. The fraction of sp³-hybridized carbons (Fsp3) is 0.115. The second kappa shape index (κ2) is 10.3. The van der Waals surface area contributed by atoms with Crippen LogP contribution in [0.15, 0.2) is 96.4 Å². The van der Waals surface area contributed by atoms with Crippen molar-refractivity contribution >= 4 is 17.9 Å². The van der Waals surface area contributed by atoms with Crippen LogP contribution >= 0.6 is 0 Å². The predicted molar refractivity (Wildman–Crippen MR) is 129 cm³/mol. The Bertz CT molecular complexity index is 1150. The van der Waals surface area contributed by atoms with Gasteiger partial charge in [0.1, 0.15) is 6.34 Å². The number of benzene rings is 3. The second-order valence-corrected chi connectivity index (χ2v) is 7.43. The number of hydrogen-bond acceptors (Lipinski definition) is 3. The average Bonchev–Trinajstić information content (AvgIpc) is 3.36. The van der Waals surface area contributed by atoms with Crippen LogP contribution in [-0.4, -0.2) is 28.8 Å². The molecule has 6 nitrogen and oxygen atoms in total. The van der Waals surface area contributed by atoms with E-state index in [4.69, 9.17) is 0 Å². The molecular weight excluding hydrogens is 398 g/mol. The molecule has 0 unspecified atom stereocenters. The highest BCUT2D eigenvalue weighted by Crippen LogP contribution is 2.22. The molecule has 1 aromatic heterocycles. The van der Waals surface area contributed by atoms with Gasteiger partial charge in [-0.25, -0.2) is 10.4 Å². The van der Waals surface area contributed by atoms with E-state index in [2.05, 4.69) is 44.7 Å². The number of imidazole rings is 1. The van der Waals surface area contributed by atoms with Crippen LogP contribution in [0.2, 0.25) is 0 Å². The maximum Gasteiger partial charge on any atom is 0.278 e. The highest BCUT2D eigenvalue weighted by atomic mass is 16.1. The van der Waals surface area contributed by atoms with Crippen LogP contribution in [0, 0.1) is 6.92 Å². The molecule has 0 aliphatic rings. The Morgan fingerprint density at radius 2 is 1.72 bits per heavy atom. The molecule has 3 aromatic carbocycles. The number of hydrazine groups is 1. The summed E-state index contributed by atoms with van der Waals surface area (Å²) in [6.07, 6.45) is 5.76. The first-order valence-corrected chi connectivity index (χ1v) is 10.5. The van der Waals surface area contributed by atoms with E-state index in [0.717, 1.165) is 34.5 Å². The minimum absolute atomic E-state index is 0.286. The lowest BCUT2D eigenvalue weighted by Crippen LogP contribution is -2.38. The summed E-state index contributed by atoms with van der Waals surface area (Å²) < 4.78 is 0. The highest BCUT2D eigenvalue weighted by Gasteiger charge is 2.08. The number of aromatic amines is 1. The summed E-state index contributed by atoms with van der Waals surface area (Å²) in [7, 11) is 0. The molecule has 0 aliphatic carbocycles. The van der Waals surface area contributed by atoms with E-state index in [1.54, 1.807) is 29.7 Å². The van der Waals surface area contributed by atoms with Crippen molar-refractivity contribution in [2.75, 3.05) is 11.6 Å². The van der Waals surface area contributed by atoms with Gasteiger partial charge in [-0.2, -0.15) is 4.99 Å². The average molecular weight is 424 g/mol. The number of aliphatic imine (C=N–C) groups is 1. The van der Waals surface area contributed by atoms with E-state index in [9.17, 15) is 4.79 Å². The minimum Gasteiger partial charge on any atom is -0.348 e. The number of nitrogens with zero attached hydrogens (tertiary/aromatic N) is 3. The number of nitrogens with one attached hydrogen (secondary N) is 2. The summed E-state index contributed by atoms with van der Waals surface area (Å²) in [6, 6.07) is 25.7. The maximum atomic E-state index is 12.5. The summed E-state index contributed by atoms with van der Waals surface area (Å²) in [6.45, 7) is 2.63. The largest absolute Gasteiger partial charge is 0.348 e. The lowest BCUT2D eigenvalue weighted by Gasteiger charge is -2.21. The molecule has 0 atom stereocenters. The van der Waals surface area contributed by atoms with Gasteiger partial charge < -0.3 is 4.98 Å². The summed E-state index contributed by atoms with van der Waals surface area (Å²) in [5.41, 5.74) is 9.19. The van der Waals surface area contributed by atoms with Crippen molar-refractivity contribution < 1.29 is 4.79 Å². The van der Waals surface area contributed by atoms with Crippen molar-refractivity contribution in [1.82, 2.24) is 15.4 Å². The van der Waals surface area contributed by atoms with Gasteiger partial charge in [0, 0.05) is 30.4 Å². The summed E-state index contributed by atoms with van der Waals surface area (Å²) in [5, 5.41) is 1.78. The summed E-state index contributed by atoms with van der Waals surface area (Å²) in [5.74, 6) is -0.286. The van der Waals surface area contributed by atoms with Crippen molar-refractivity contribution in [1.29, 1.82) is 0 Å². The molecule has 0 radical (unpaired) electrons. The fourth-order valence-corrected chi connectivity index (χ4v) is 3.26. The van der Waals surface area contributed by atoms with Crippen LogP contribution in [0.4, 0.5) is 5.69 Å². The zero-order chi connectivity index (χ0) is 22.2. The Morgan fingerprint density at radius 3 is 2.41 bits per heavy atom. The molecule has 2 N–H and O–H groups in total. The minimum atomic E-state index is -0.286. The van der Waals surface area contributed by atoms with Gasteiger partial charge in [0.2, 0.25) is 0 Å². The number of H-pyrrole nitrogens is 1. The summed E-state index contributed by atoms with van der Waals surface area (Å²) in [4.78, 5) is 23.8. The maximum absolute atomic E-state index is 12.5. The number of carbonyl (C=O) groups is 1. The zero-order valence-corrected chi connectivity index (χ0v) is 17.9. The molecule has 4 rings (SSSR count). The van der Waals surface area contributed by atoms with Crippen LogP contribution in [0.1, 0.15) is 21.6 Å². The van der Waals surface area contributed by atoms with Crippen LogP contribution in [0.3, 0.4) is 0 Å². The number of amides is 1. The van der Waals surface area contributed by atoms with Gasteiger partial charge in [-0.05, 0) is 42.3 Å². The van der Waals surface area contributed by atoms with Gasteiger partial charge in [-0.15, -0.1) is 0 Å². The molecule has 1 amide bonds. The molecule has 0 saturated heterocycles. The monoisotopic (exact) mass is 423 g/mol. The number of carbonyl (C=O) groups excluding carboxylic acids is 1. The first-order valence-electron chi connectivity index (χ1n) is 10.5. The quantitative estimate of drug-likeness (QED) is 0.242. The molecule has 0 spiro atoms. The number of hydrogen-bond donors (Lipinski definition) is 2. The molecule has 4 aromatic rings. The Morgan fingerprint density at radius 1 is 1.00 bits per heavy atom. The van der Waals surface area contributed by atoms with Crippen molar-refractivity contribution in [3.05, 3.63) is 108 Å². The van der Waals surface area contributed by atoms with E-state index in [1.165, 1.54) is 6.34 Å². The lowest BCUT2D eigenvalue weighted by atomic mass is 10.1. The summed E-state index contributed by atoms with van der Waals surface area (Å²) >= 11 is 0. The molecule has 160 valence electrons. The van der Waals surface area contributed by atoms with Crippen molar-refractivity contribution in [2.45, 2.75) is 13.3 Å². The third-order valence-corrected chi connectivity index (χ3v) is 5.07. The van der Waals surface area contributed by atoms with E-state index >= 15 is 0 Å². The normalized spacial score (nSPS) is 11.0. The van der Waals surface area contributed by atoms with Crippen LogP contribution in [0.5, 0.6) is 0 Å². The third-order valence-electron chi connectivity index (χ3n) is 5.07. The first kappa shape index (κ1) is 21.2. The van der Waals surface area contributed by atoms with Gasteiger partial charge in [-0.3, -0.25) is 9.80 Å². The fourth-order valence-electron chi connectivity index (χ4n) is 3.26. The van der Waals surface area contributed by atoms with Gasteiger partial charge in [0.05, 0.1) is 12.0 Å². The van der Waals surface area contributed by atoms with Crippen molar-refractivity contribution in [3.63, 3.8) is 0 Å². The Balaban J connectivity index is 1.51. The molecule has 0 bridgehead atoms. The lowest BCUT2D eigenvalue weighted by molar-refractivity contribution is 0.100. The molecule has 0 aliphatic heterocycles. The van der Waals surface area contributed by atoms with Gasteiger partial charge >= 0.3 is 0 Å². The van der Waals surface area contributed by atoms with Gasteiger partial charge in [-0.1, -0.05) is 60.2 Å². The predicted octanol–water partition coefficient (Wildman–Crippen LogP) is 4.81. The van der Waals surface area contributed by atoms with Crippen molar-refractivity contribution in [3.8, 4) is 11.1 Å². The SMILES string of the molecule is Cc1ccc(C(=O)N=CN(NCCc2cnc[nH]2)c2ccc(-c3ccccc3)cc2)cc1. The molecule has 0 saturated carbocycles. The Hall–Kier alpha value is -4.03. The Labute approximate surface area is 187 Å². The van der Waals surface area contributed by atoms with Crippen LogP contribution < -0.4 is 10.4 Å². The number of anilines is 1.